The summed E-state index contributed by atoms with van der Waals surface area (Å²) in [7, 11) is 0. The lowest BCUT2D eigenvalue weighted by Crippen LogP contribution is -2.48. The van der Waals surface area contributed by atoms with E-state index in [1.54, 1.807) is 0 Å². The standard InChI is InChI=1S/C21H25F3N8O/c1-13(32-4-6-33-7-5-32)30-18(15-11-29-19(26)8-14(15)10-25)9-20(27)31-17-2-3-28-12-16(17)21(22,23)24/h2-3,8-13,25,30H,4-7H2,1H3,(H2,26,29)(H2,27,28,31). The Balaban J connectivity index is 2.02. The Kier molecular flexibility index (Phi) is 7.61. The van der Waals surface area contributed by atoms with Gasteiger partial charge in [-0.15, -0.1) is 0 Å². The minimum atomic E-state index is -4.63. The molecule has 1 aliphatic rings. The third-order valence-electron chi connectivity index (χ3n) is 5.01. The number of amidine groups is 1. The van der Waals surface area contributed by atoms with Gasteiger partial charge in [-0.2, -0.15) is 13.2 Å². The molecule has 176 valence electrons. The number of aromatic nitrogens is 2. The average molecular weight is 462 g/mol. The van der Waals surface area contributed by atoms with Crippen LogP contribution >= 0.6 is 0 Å². The van der Waals surface area contributed by atoms with Crippen molar-refractivity contribution in [3.63, 3.8) is 0 Å². The number of aliphatic imine (C=N–C) groups is 1. The highest BCUT2D eigenvalue weighted by Gasteiger charge is 2.33. The monoisotopic (exact) mass is 462 g/mol. The van der Waals surface area contributed by atoms with Crippen molar-refractivity contribution < 1.29 is 17.9 Å². The van der Waals surface area contributed by atoms with Gasteiger partial charge >= 0.3 is 6.18 Å². The van der Waals surface area contributed by atoms with Crippen LogP contribution in [0.5, 0.6) is 0 Å². The number of alkyl halides is 3. The average Bonchev–Trinajstić information content (AvgIpc) is 2.78. The molecule has 0 bridgehead atoms. The van der Waals surface area contributed by atoms with Gasteiger partial charge in [0.25, 0.3) is 0 Å². The van der Waals surface area contributed by atoms with Crippen LogP contribution in [0.2, 0.25) is 0 Å². The van der Waals surface area contributed by atoms with Gasteiger partial charge in [0.05, 0.1) is 30.6 Å². The number of hydrogen-bond donors (Lipinski definition) is 4. The number of morpholine rings is 1. The molecule has 0 aromatic carbocycles. The molecule has 0 saturated carbocycles. The van der Waals surface area contributed by atoms with Crippen LogP contribution in [0, 0.1) is 5.41 Å². The van der Waals surface area contributed by atoms with Crippen molar-refractivity contribution >= 4 is 29.3 Å². The lowest BCUT2D eigenvalue weighted by Gasteiger charge is -2.34. The molecule has 1 atom stereocenters. The molecule has 33 heavy (non-hydrogen) atoms. The maximum absolute atomic E-state index is 13.3. The summed E-state index contributed by atoms with van der Waals surface area (Å²) in [6, 6.07) is 2.66. The number of ether oxygens (including phenoxy) is 1. The molecule has 1 aliphatic heterocycles. The number of nitrogens with one attached hydrogen (secondary N) is 2. The van der Waals surface area contributed by atoms with Crippen molar-refractivity contribution in [1.29, 1.82) is 5.41 Å². The summed E-state index contributed by atoms with van der Waals surface area (Å²) in [6.07, 6.45) is 1.11. The van der Waals surface area contributed by atoms with Crippen molar-refractivity contribution in [3.05, 3.63) is 53.5 Å². The van der Waals surface area contributed by atoms with E-state index in [1.165, 1.54) is 24.5 Å². The first kappa shape index (κ1) is 24.1. The molecule has 2 aromatic heterocycles. The summed E-state index contributed by atoms with van der Waals surface area (Å²) in [6.45, 7) is 4.52. The number of halogens is 3. The molecule has 6 N–H and O–H groups in total. The van der Waals surface area contributed by atoms with E-state index in [-0.39, 0.29) is 23.5 Å². The van der Waals surface area contributed by atoms with Gasteiger partial charge in [-0.05, 0) is 19.1 Å². The van der Waals surface area contributed by atoms with Gasteiger partial charge in [-0.3, -0.25) is 9.88 Å². The normalized spacial score (nSPS) is 17.0. The summed E-state index contributed by atoms with van der Waals surface area (Å²) in [5, 5.41) is 11.0. The van der Waals surface area contributed by atoms with Crippen LogP contribution < -0.4 is 16.8 Å². The zero-order chi connectivity index (χ0) is 24.0. The van der Waals surface area contributed by atoms with Crippen LogP contribution in [-0.2, 0) is 10.9 Å². The number of nitrogen functional groups attached to an aromatic ring is 1. The molecular weight excluding hydrogens is 437 g/mol. The second-order valence-electron chi connectivity index (χ2n) is 7.29. The van der Waals surface area contributed by atoms with Crippen LogP contribution in [0.1, 0.15) is 23.6 Å². The van der Waals surface area contributed by atoms with Crippen molar-refractivity contribution in [3.8, 4) is 0 Å². The minimum absolute atomic E-state index is 0.170. The van der Waals surface area contributed by atoms with Crippen LogP contribution in [0.4, 0.5) is 24.7 Å². The number of hydrogen-bond acceptors (Lipinski definition) is 8. The van der Waals surface area contributed by atoms with Crippen LogP contribution in [0.3, 0.4) is 0 Å². The van der Waals surface area contributed by atoms with E-state index < -0.39 is 11.7 Å². The number of nitrogens with two attached hydrogens (primary N) is 2. The Hall–Kier alpha value is -3.51. The summed E-state index contributed by atoms with van der Waals surface area (Å²) < 4.78 is 45.3. The van der Waals surface area contributed by atoms with E-state index >= 15 is 0 Å². The fourth-order valence-corrected chi connectivity index (χ4v) is 3.33. The summed E-state index contributed by atoms with van der Waals surface area (Å²) >= 11 is 0. The predicted molar refractivity (Wildman–Crippen MR) is 120 cm³/mol. The zero-order valence-corrected chi connectivity index (χ0v) is 17.9. The number of pyridine rings is 2. The van der Waals surface area contributed by atoms with Gasteiger partial charge < -0.3 is 26.9 Å². The molecule has 0 radical (unpaired) electrons. The van der Waals surface area contributed by atoms with Crippen molar-refractivity contribution in [1.82, 2.24) is 20.2 Å². The third-order valence-corrected chi connectivity index (χ3v) is 5.01. The van der Waals surface area contributed by atoms with Gasteiger partial charge in [-0.25, -0.2) is 9.98 Å². The number of nitrogens with zero attached hydrogens (tertiary/aromatic N) is 4. The number of rotatable bonds is 7. The van der Waals surface area contributed by atoms with E-state index in [0.717, 1.165) is 12.3 Å². The van der Waals surface area contributed by atoms with E-state index in [0.29, 0.717) is 49.3 Å². The maximum atomic E-state index is 13.3. The first-order valence-electron chi connectivity index (χ1n) is 10.1. The first-order chi connectivity index (χ1) is 15.7. The first-order valence-corrected chi connectivity index (χ1v) is 10.1. The lowest BCUT2D eigenvalue weighted by molar-refractivity contribution is -0.137. The molecule has 0 aliphatic carbocycles. The molecule has 3 heterocycles. The molecule has 1 unspecified atom stereocenters. The number of anilines is 1. The Morgan fingerprint density at radius 3 is 2.73 bits per heavy atom. The van der Waals surface area contributed by atoms with Gasteiger partial charge in [-0.1, -0.05) is 0 Å². The molecule has 2 aromatic rings. The van der Waals surface area contributed by atoms with Crippen molar-refractivity contribution in [2.45, 2.75) is 19.3 Å². The zero-order valence-electron chi connectivity index (χ0n) is 17.9. The van der Waals surface area contributed by atoms with Crippen LogP contribution in [0.15, 0.2) is 41.8 Å². The largest absolute Gasteiger partial charge is 0.419 e. The van der Waals surface area contributed by atoms with E-state index in [2.05, 4.69) is 25.2 Å². The second-order valence-corrected chi connectivity index (χ2v) is 7.29. The third kappa shape index (κ3) is 6.26. The van der Waals surface area contributed by atoms with Gasteiger partial charge in [0.2, 0.25) is 0 Å². The van der Waals surface area contributed by atoms with Crippen LogP contribution in [-0.4, -0.2) is 59.4 Å². The maximum Gasteiger partial charge on any atom is 0.419 e. The molecule has 1 fully saturated rings. The Bertz CT molecular complexity index is 1050. The van der Waals surface area contributed by atoms with Crippen molar-refractivity contribution in [2.75, 3.05) is 32.0 Å². The molecule has 1 saturated heterocycles. The minimum Gasteiger partial charge on any atom is -0.384 e. The molecule has 12 heteroatoms. The van der Waals surface area contributed by atoms with Gasteiger partial charge in [0, 0.05) is 60.8 Å². The predicted octanol–water partition coefficient (Wildman–Crippen LogP) is 2.37. The molecule has 9 nitrogen and oxygen atoms in total. The molecule has 0 amide bonds. The molecular formula is C21H25F3N8O. The summed E-state index contributed by atoms with van der Waals surface area (Å²) in [4.78, 5) is 13.7. The van der Waals surface area contributed by atoms with E-state index in [9.17, 15) is 13.2 Å². The smallest absolute Gasteiger partial charge is 0.384 e. The highest BCUT2D eigenvalue weighted by atomic mass is 19.4. The topological polar surface area (TPSA) is 139 Å². The second kappa shape index (κ2) is 10.4. The summed E-state index contributed by atoms with van der Waals surface area (Å²) in [5.74, 6) is 0.0576. The highest BCUT2D eigenvalue weighted by Crippen LogP contribution is 2.35. The van der Waals surface area contributed by atoms with Gasteiger partial charge in [0.15, 0.2) is 0 Å². The molecule has 3 rings (SSSR count). The van der Waals surface area contributed by atoms with E-state index in [4.69, 9.17) is 21.6 Å². The molecule has 0 spiro atoms. The Morgan fingerprint density at radius 2 is 2.06 bits per heavy atom. The SMILES string of the molecule is CC(NC(=CC(N)=Nc1ccncc1C(F)(F)F)c1cnc(N)cc1C=N)N1CCOCC1. The highest BCUT2D eigenvalue weighted by molar-refractivity contribution is 6.01. The fourth-order valence-electron chi connectivity index (χ4n) is 3.33. The lowest BCUT2D eigenvalue weighted by atomic mass is 10.1. The van der Waals surface area contributed by atoms with Crippen molar-refractivity contribution in [2.24, 2.45) is 10.7 Å². The van der Waals surface area contributed by atoms with Crippen LogP contribution in [0.25, 0.3) is 5.70 Å². The van der Waals surface area contributed by atoms with Gasteiger partial charge in [0.1, 0.15) is 11.7 Å². The fraction of sp³-hybridized carbons (Fsp3) is 0.333. The quantitative estimate of drug-likeness (QED) is 0.366. The summed E-state index contributed by atoms with van der Waals surface area (Å²) in [5.41, 5.74) is 11.8. The Labute approximate surface area is 188 Å². The Morgan fingerprint density at radius 1 is 1.33 bits per heavy atom. The van der Waals surface area contributed by atoms with E-state index in [1.807, 2.05) is 6.92 Å².